The summed E-state index contributed by atoms with van der Waals surface area (Å²) < 4.78 is 6.10. The van der Waals surface area contributed by atoms with Crippen LogP contribution in [0.1, 0.15) is 25.5 Å². The van der Waals surface area contributed by atoms with Gasteiger partial charge in [0.1, 0.15) is 6.61 Å². The van der Waals surface area contributed by atoms with Crippen LogP contribution in [0.5, 0.6) is 0 Å². The molecule has 2 N–H and O–H groups in total. The first kappa shape index (κ1) is 16.3. The first-order chi connectivity index (χ1) is 10.5. The van der Waals surface area contributed by atoms with Gasteiger partial charge in [0.2, 0.25) is 0 Å². The van der Waals surface area contributed by atoms with Crippen molar-refractivity contribution in [3.63, 3.8) is 0 Å². The Morgan fingerprint density at radius 2 is 2.23 bits per heavy atom. The van der Waals surface area contributed by atoms with Gasteiger partial charge in [-0.05, 0) is 31.5 Å². The maximum Gasteiger partial charge on any atom is 0.338 e. The molecule has 1 heterocycles. The summed E-state index contributed by atoms with van der Waals surface area (Å²) in [5.74, 6) is -0.451. The van der Waals surface area contributed by atoms with Crippen molar-refractivity contribution in [2.45, 2.75) is 19.9 Å². The molecule has 0 saturated carbocycles. The first-order valence-electron chi connectivity index (χ1n) is 6.85. The van der Waals surface area contributed by atoms with Crippen LogP contribution in [0.15, 0.2) is 52.2 Å². The van der Waals surface area contributed by atoms with Gasteiger partial charge in [-0.25, -0.2) is 9.59 Å². The second kappa shape index (κ2) is 7.26. The summed E-state index contributed by atoms with van der Waals surface area (Å²) in [6.07, 6.45) is 3.55. The number of carbonyl (C=O) groups is 2. The third-order valence-electron chi connectivity index (χ3n) is 3.22. The predicted molar refractivity (Wildman–Crippen MR) is 87.0 cm³/mol. The Kier molecular flexibility index (Phi) is 5.38. The van der Waals surface area contributed by atoms with E-state index >= 15 is 0 Å². The van der Waals surface area contributed by atoms with E-state index in [4.69, 9.17) is 4.74 Å². The summed E-state index contributed by atoms with van der Waals surface area (Å²) >= 11 is 3.40. The number of ether oxygens (including phenoxy) is 1. The number of allylic oxidation sites excluding steroid dienone is 2. The number of rotatable bonds is 4. The molecule has 0 aromatic heterocycles. The fourth-order valence-electron chi connectivity index (χ4n) is 2.20. The Hall–Kier alpha value is -2.08. The van der Waals surface area contributed by atoms with Gasteiger partial charge in [-0.15, -0.1) is 0 Å². The fourth-order valence-corrected chi connectivity index (χ4v) is 2.62. The first-order valence-corrected chi connectivity index (χ1v) is 7.64. The summed E-state index contributed by atoms with van der Waals surface area (Å²) in [5.41, 5.74) is 1.71. The van der Waals surface area contributed by atoms with Gasteiger partial charge in [0.25, 0.3) is 0 Å². The zero-order chi connectivity index (χ0) is 16.1. The Morgan fingerprint density at radius 1 is 1.45 bits per heavy atom. The maximum atomic E-state index is 12.3. The topological polar surface area (TPSA) is 67.4 Å². The van der Waals surface area contributed by atoms with Crippen LogP contribution < -0.4 is 10.6 Å². The van der Waals surface area contributed by atoms with Crippen molar-refractivity contribution >= 4 is 27.9 Å². The van der Waals surface area contributed by atoms with Crippen molar-refractivity contribution in [1.82, 2.24) is 10.6 Å². The third-order valence-corrected chi connectivity index (χ3v) is 3.71. The van der Waals surface area contributed by atoms with Crippen molar-refractivity contribution in [1.29, 1.82) is 0 Å². The van der Waals surface area contributed by atoms with E-state index in [1.807, 2.05) is 31.2 Å². The predicted octanol–water partition coefficient (Wildman–Crippen LogP) is 3.20. The molecule has 1 unspecified atom stereocenters. The van der Waals surface area contributed by atoms with E-state index in [2.05, 4.69) is 26.6 Å². The molecule has 6 heteroatoms. The van der Waals surface area contributed by atoms with Crippen molar-refractivity contribution in [2.24, 2.45) is 0 Å². The van der Waals surface area contributed by atoms with Crippen LogP contribution in [0, 0.1) is 0 Å². The quantitative estimate of drug-likeness (QED) is 0.636. The molecule has 1 aromatic rings. The molecule has 1 aromatic carbocycles. The van der Waals surface area contributed by atoms with Crippen LogP contribution in [0.4, 0.5) is 4.79 Å². The number of hydrogen-bond acceptors (Lipinski definition) is 3. The van der Waals surface area contributed by atoms with Gasteiger partial charge in [-0.2, -0.15) is 0 Å². The van der Waals surface area contributed by atoms with E-state index in [1.54, 1.807) is 19.1 Å². The summed E-state index contributed by atoms with van der Waals surface area (Å²) in [5, 5.41) is 5.38. The maximum absolute atomic E-state index is 12.3. The zero-order valence-electron chi connectivity index (χ0n) is 12.4. The van der Waals surface area contributed by atoms with E-state index in [-0.39, 0.29) is 12.6 Å². The lowest BCUT2D eigenvalue weighted by molar-refractivity contribution is -0.138. The normalized spacial score (nSPS) is 18.1. The molecule has 0 bridgehead atoms. The molecule has 0 saturated heterocycles. The minimum atomic E-state index is -0.538. The summed E-state index contributed by atoms with van der Waals surface area (Å²) in [7, 11) is 0. The van der Waals surface area contributed by atoms with E-state index in [0.29, 0.717) is 11.3 Å². The van der Waals surface area contributed by atoms with Crippen LogP contribution in [-0.4, -0.2) is 18.6 Å². The molecule has 2 amide bonds. The minimum Gasteiger partial charge on any atom is -0.458 e. The number of nitrogens with one attached hydrogen (secondary N) is 2. The van der Waals surface area contributed by atoms with Crippen LogP contribution >= 0.6 is 15.9 Å². The number of hydrogen-bond donors (Lipinski definition) is 2. The third kappa shape index (κ3) is 3.76. The molecule has 1 aliphatic rings. The second-order valence-corrected chi connectivity index (χ2v) is 5.71. The molecule has 0 fully saturated rings. The Morgan fingerprint density at radius 3 is 2.91 bits per heavy atom. The highest BCUT2D eigenvalue weighted by molar-refractivity contribution is 9.10. The Bertz CT molecular complexity index is 653. The van der Waals surface area contributed by atoms with Gasteiger partial charge in [0, 0.05) is 10.2 Å². The lowest BCUT2D eigenvalue weighted by Crippen LogP contribution is -2.45. The molecule has 0 radical (unpaired) electrons. The van der Waals surface area contributed by atoms with Crippen molar-refractivity contribution in [3.8, 4) is 0 Å². The molecule has 1 aliphatic heterocycles. The second-order valence-electron chi connectivity index (χ2n) is 4.79. The largest absolute Gasteiger partial charge is 0.458 e. The summed E-state index contributed by atoms with van der Waals surface area (Å²) in [6, 6.07) is 6.58. The lowest BCUT2D eigenvalue weighted by Gasteiger charge is -2.28. The molecule has 0 spiro atoms. The molecule has 5 nitrogen and oxygen atoms in total. The number of benzene rings is 1. The van der Waals surface area contributed by atoms with Gasteiger partial charge in [0.15, 0.2) is 0 Å². The Balaban J connectivity index is 2.34. The standard InChI is InChI=1S/C16H17BrN2O3/c1-3-4-8-22-15(20)13-10(2)18-16(21)19-14(13)11-6-5-7-12(17)9-11/h3-7,9,14H,8H2,1-2H3,(H2,18,19,21)/b4-3+. The summed E-state index contributed by atoms with van der Waals surface area (Å²) in [6.45, 7) is 3.74. The highest BCUT2D eigenvalue weighted by atomic mass is 79.9. The molecule has 1 atom stereocenters. The van der Waals surface area contributed by atoms with Gasteiger partial charge in [-0.1, -0.05) is 40.2 Å². The van der Waals surface area contributed by atoms with E-state index in [9.17, 15) is 9.59 Å². The number of urea groups is 1. The molecule has 116 valence electrons. The van der Waals surface area contributed by atoms with E-state index in [1.165, 1.54) is 0 Å². The highest BCUT2D eigenvalue weighted by Crippen LogP contribution is 2.29. The van der Waals surface area contributed by atoms with Gasteiger partial charge in [0.05, 0.1) is 11.6 Å². The molecule has 0 aliphatic carbocycles. The van der Waals surface area contributed by atoms with Crippen molar-refractivity contribution in [3.05, 3.63) is 57.7 Å². The monoisotopic (exact) mass is 364 g/mol. The van der Waals surface area contributed by atoms with Gasteiger partial charge >= 0.3 is 12.0 Å². The van der Waals surface area contributed by atoms with Crippen molar-refractivity contribution < 1.29 is 14.3 Å². The van der Waals surface area contributed by atoms with Gasteiger partial charge < -0.3 is 15.4 Å². The zero-order valence-corrected chi connectivity index (χ0v) is 13.9. The number of amides is 2. The average molecular weight is 365 g/mol. The van der Waals surface area contributed by atoms with Crippen LogP contribution in [0.3, 0.4) is 0 Å². The Labute approximate surface area is 137 Å². The van der Waals surface area contributed by atoms with E-state index in [0.717, 1.165) is 10.0 Å². The molecular formula is C16H17BrN2O3. The molecule has 22 heavy (non-hydrogen) atoms. The van der Waals surface area contributed by atoms with Crippen LogP contribution in [-0.2, 0) is 9.53 Å². The van der Waals surface area contributed by atoms with E-state index < -0.39 is 12.0 Å². The van der Waals surface area contributed by atoms with Crippen molar-refractivity contribution in [2.75, 3.05) is 6.61 Å². The van der Waals surface area contributed by atoms with Gasteiger partial charge in [-0.3, -0.25) is 0 Å². The van der Waals surface area contributed by atoms with Crippen LogP contribution in [0.2, 0.25) is 0 Å². The average Bonchev–Trinajstić information content (AvgIpc) is 2.46. The smallest absolute Gasteiger partial charge is 0.338 e. The number of carbonyl (C=O) groups excluding carboxylic acids is 2. The molecular weight excluding hydrogens is 348 g/mol. The summed E-state index contributed by atoms with van der Waals surface area (Å²) in [4.78, 5) is 24.1. The molecule has 2 rings (SSSR count). The fraction of sp³-hybridized carbons (Fsp3) is 0.250. The lowest BCUT2D eigenvalue weighted by atomic mass is 9.96. The minimum absolute atomic E-state index is 0.200. The van der Waals surface area contributed by atoms with Crippen LogP contribution in [0.25, 0.3) is 0 Å². The number of esters is 1. The highest BCUT2D eigenvalue weighted by Gasteiger charge is 2.32. The SMILES string of the molecule is C/C=C/COC(=O)C1=C(C)NC(=O)NC1c1cccc(Br)c1. The number of halogens is 1.